The quantitative estimate of drug-likeness (QED) is 0.798. The van der Waals surface area contributed by atoms with Crippen molar-refractivity contribution in [3.63, 3.8) is 0 Å². The zero-order valence-corrected chi connectivity index (χ0v) is 9.08. The van der Waals surface area contributed by atoms with Gasteiger partial charge in [-0.25, -0.2) is 0 Å². The number of hydrogen-bond acceptors (Lipinski definition) is 2. The Hall–Kier alpha value is -1.02. The van der Waals surface area contributed by atoms with E-state index in [0.29, 0.717) is 0 Å². The average Bonchev–Trinajstić information content (AvgIpc) is 2.20. The second kappa shape index (κ2) is 5.01. The molecule has 0 fully saturated rings. The molecule has 1 unspecified atom stereocenters. The largest absolute Gasteiger partial charge is 0.490 e. The molecule has 0 saturated carbocycles. The van der Waals surface area contributed by atoms with Crippen LogP contribution in [0.2, 0.25) is 0 Å². The molecule has 1 aromatic carbocycles. The van der Waals surface area contributed by atoms with Gasteiger partial charge in [-0.15, -0.1) is 0 Å². The van der Waals surface area contributed by atoms with Gasteiger partial charge in [-0.05, 0) is 26.3 Å². The second-order valence-electron chi connectivity index (χ2n) is 3.61. The molecule has 0 amide bonds. The Labute approximate surface area is 85.5 Å². The number of benzene rings is 1. The first-order chi connectivity index (χ1) is 6.67. The normalized spacial score (nSPS) is 12.6. The highest BCUT2D eigenvalue weighted by atomic mass is 16.5. The summed E-state index contributed by atoms with van der Waals surface area (Å²) < 4.78 is 5.68. The van der Waals surface area contributed by atoms with Gasteiger partial charge in [-0.1, -0.05) is 24.6 Å². The molecule has 1 aromatic rings. The summed E-state index contributed by atoms with van der Waals surface area (Å²) in [6.45, 7) is 6.15. The van der Waals surface area contributed by atoms with Crippen LogP contribution in [0.25, 0.3) is 0 Å². The monoisotopic (exact) mass is 194 g/mol. The van der Waals surface area contributed by atoms with Crippen molar-refractivity contribution in [2.24, 2.45) is 0 Å². The van der Waals surface area contributed by atoms with Crippen LogP contribution < -0.4 is 4.74 Å². The van der Waals surface area contributed by atoms with Crippen LogP contribution in [-0.2, 0) is 6.61 Å². The Kier molecular flexibility index (Phi) is 3.96. The van der Waals surface area contributed by atoms with Gasteiger partial charge >= 0.3 is 0 Å². The first-order valence-corrected chi connectivity index (χ1v) is 5.04. The SMILES string of the molecule is CCC(C)Oc1ccc(C)cc1CO. The predicted molar refractivity (Wildman–Crippen MR) is 57.5 cm³/mol. The topological polar surface area (TPSA) is 29.5 Å². The van der Waals surface area contributed by atoms with Crippen LogP contribution in [-0.4, -0.2) is 11.2 Å². The minimum atomic E-state index is 0.0352. The molecular weight excluding hydrogens is 176 g/mol. The van der Waals surface area contributed by atoms with Crippen molar-refractivity contribution >= 4 is 0 Å². The van der Waals surface area contributed by atoms with E-state index in [2.05, 4.69) is 6.92 Å². The molecule has 2 nitrogen and oxygen atoms in total. The molecule has 0 aromatic heterocycles. The van der Waals surface area contributed by atoms with Crippen molar-refractivity contribution in [3.05, 3.63) is 29.3 Å². The van der Waals surface area contributed by atoms with Gasteiger partial charge < -0.3 is 9.84 Å². The summed E-state index contributed by atoms with van der Waals surface area (Å²) in [4.78, 5) is 0. The van der Waals surface area contributed by atoms with Crippen LogP contribution in [0.3, 0.4) is 0 Å². The standard InChI is InChI=1S/C12H18O2/c1-4-10(3)14-12-6-5-9(2)7-11(12)8-13/h5-7,10,13H,4,8H2,1-3H3. The summed E-state index contributed by atoms with van der Waals surface area (Å²) in [6.07, 6.45) is 1.17. The third-order valence-electron chi connectivity index (χ3n) is 2.29. The molecule has 0 radical (unpaired) electrons. The second-order valence-corrected chi connectivity index (χ2v) is 3.61. The zero-order valence-electron chi connectivity index (χ0n) is 9.08. The van der Waals surface area contributed by atoms with Crippen LogP contribution in [0.1, 0.15) is 31.4 Å². The summed E-state index contributed by atoms with van der Waals surface area (Å²) >= 11 is 0. The number of ether oxygens (including phenoxy) is 1. The smallest absolute Gasteiger partial charge is 0.125 e. The molecule has 0 heterocycles. The third kappa shape index (κ3) is 2.74. The van der Waals surface area contributed by atoms with E-state index < -0.39 is 0 Å². The molecule has 0 saturated heterocycles. The molecule has 0 aliphatic carbocycles. The Balaban J connectivity index is 2.85. The lowest BCUT2D eigenvalue weighted by atomic mass is 10.1. The molecular formula is C12H18O2. The van der Waals surface area contributed by atoms with E-state index in [1.807, 2.05) is 32.0 Å². The fourth-order valence-electron chi connectivity index (χ4n) is 1.25. The summed E-state index contributed by atoms with van der Waals surface area (Å²) in [5.41, 5.74) is 2.01. The maximum atomic E-state index is 9.15. The number of hydrogen-bond donors (Lipinski definition) is 1. The van der Waals surface area contributed by atoms with E-state index in [4.69, 9.17) is 9.84 Å². The van der Waals surface area contributed by atoms with Crippen LogP contribution in [0, 0.1) is 6.92 Å². The molecule has 0 spiro atoms. The van der Waals surface area contributed by atoms with Crippen LogP contribution >= 0.6 is 0 Å². The summed E-state index contributed by atoms with van der Waals surface area (Å²) in [7, 11) is 0. The maximum Gasteiger partial charge on any atom is 0.125 e. The van der Waals surface area contributed by atoms with Crippen LogP contribution in [0.4, 0.5) is 0 Å². The Morgan fingerprint density at radius 3 is 2.71 bits per heavy atom. The first-order valence-electron chi connectivity index (χ1n) is 5.04. The molecule has 0 aliphatic heterocycles. The zero-order chi connectivity index (χ0) is 10.6. The lowest BCUT2D eigenvalue weighted by Crippen LogP contribution is -2.11. The number of aryl methyl sites for hydroxylation is 1. The predicted octanol–water partition coefficient (Wildman–Crippen LogP) is 2.66. The van der Waals surface area contributed by atoms with Crippen molar-refractivity contribution in [3.8, 4) is 5.75 Å². The average molecular weight is 194 g/mol. The van der Waals surface area contributed by atoms with E-state index >= 15 is 0 Å². The van der Waals surface area contributed by atoms with E-state index in [9.17, 15) is 0 Å². The minimum Gasteiger partial charge on any atom is -0.490 e. The molecule has 78 valence electrons. The maximum absolute atomic E-state index is 9.15. The minimum absolute atomic E-state index is 0.0352. The molecule has 1 rings (SSSR count). The van der Waals surface area contributed by atoms with Gasteiger partial charge in [0.25, 0.3) is 0 Å². The van der Waals surface area contributed by atoms with Crippen molar-refractivity contribution in [1.29, 1.82) is 0 Å². The Morgan fingerprint density at radius 2 is 2.14 bits per heavy atom. The summed E-state index contributed by atoms with van der Waals surface area (Å²) in [6, 6.07) is 5.88. The molecule has 1 atom stereocenters. The number of rotatable bonds is 4. The fraction of sp³-hybridized carbons (Fsp3) is 0.500. The molecule has 0 bridgehead atoms. The Bertz CT molecular complexity index is 294. The van der Waals surface area contributed by atoms with Gasteiger partial charge in [0, 0.05) is 5.56 Å². The van der Waals surface area contributed by atoms with Gasteiger partial charge in [0.15, 0.2) is 0 Å². The van der Waals surface area contributed by atoms with Crippen LogP contribution in [0.15, 0.2) is 18.2 Å². The number of aliphatic hydroxyl groups excluding tert-OH is 1. The van der Waals surface area contributed by atoms with E-state index in [1.165, 1.54) is 0 Å². The fourth-order valence-corrected chi connectivity index (χ4v) is 1.25. The van der Waals surface area contributed by atoms with Gasteiger partial charge in [0.1, 0.15) is 5.75 Å². The van der Waals surface area contributed by atoms with Crippen molar-refractivity contribution in [2.75, 3.05) is 0 Å². The van der Waals surface area contributed by atoms with Crippen LogP contribution in [0.5, 0.6) is 5.75 Å². The Morgan fingerprint density at radius 1 is 1.43 bits per heavy atom. The van der Waals surface area contributed by atoms with Gasteiger partial charge in [0.05, 0.1) is 12.7 Å². The molecule has 2 heteroatoms. The highest BCUT2D eigenvalue weighted by Gasteiger charge is 2.06. The van der Waals surface area contributed by atoms with Crippen molar-refractivity contribution in [1.82, 2.24) is 0 Å². The lowest BCUT2D eigenvalue weighted by Gasteiger charge is -2.15. The van der Waals surface area contributed by atoms with E-state index in [0.717, 1.165) is 23.3 Å². The first kappa shape index (κ1) is 11.1. The molecule has 1 N–H and O–H groups in total. The summed E-state index contributed by atoms with van der Waals surface area (Å²) in [5.74, 6) is 0.799. The molecule has 0 aliphatic rings. The van der Waals surface area contributed by atoms with E-state index in [-0.39, 0.29) is 12.7 Å². The number of aliphatic hydroxyl groups is 1. The van der Waals surface area contributed by atoms with Crippen molar-refractivity contribution < 1.29 is 9.84 Å². The lowest BCUT2D eigenvalue weighted by molar-refractivity contribution is 0.206. The highest BCUT2D eigenvalue weighted by Crippen LogP contribution is 2.21. The third-order valence-corrected chi connectivity index (χ3v) is 2.29. The van der Waals surface area contributed by atoms with Gasteiger partial charge in [-0.2, -0.15) is 0 Å². The summed E-state index contributed by atoms with van der Waals surface area (Å²) in [5, 5.41) is 9.15. The highest BCUT2D eigenvalue weighted by molar-refractivity contribution is 5.36. The van der Waals surface area contributed by atoms with E-state index in [1.54, 1.807) is 0 Å². The van der Waals surface area contributed by atoms with Crippen molar-refractivity contribution in [2.45, 2.75) is 39.9 Å². The molecule has 14 heavy (non-hydrogen) atoms. The van der Waals surface area contributed by atoms with Gasteiger partial charge in [0.2, 0.25) is 0 Å². The van der Waals surface area contributed by atoms with Gasteiger partial charge in [-0.3, -0.25) is 0 Å².